The summed E-state index contributed by atoms with van der Waals surface area (Å²) in [5.74, 6) is 0.502. The molecule has 0 spiro atoms. The van der Waals surface area contributed by atoms with Gasteiger partial charge in [-0.25, -0.2) is 18.4 Å². The van der Waals surface area contributed by atoms with E-state index in [9.17, 15) is 8.42 Å². The average Bonchev–Trinajstić information content (AvgIpc) is 3.00. The molecule has 112 valence electrons. The Kier molecular flexibility index (Phi) is 3.29. The zero-order valence-corrected chi connectivity index (χ0v) is 12.2. The molecule has 0 aliphatic heterocycles. The molecule has 0 aliphatic carbocycles. The van der Waals surface area contributed by atoms with Crippen LogP contribution in [0, 0.1) is 0 Å². The number of pyridine rings is 2. The summed E-state index contributed by atoms with van der Waals surface area (Å²) in [7, 11) is -3.58. The Morgan fingerprint density at radius 3 is 2.59 bits per heavy atom. The number of aromatic nitrogens is 6. The van der Waals surface area contributed by atoms with Gasteiger partial charge < -0.3 is 5.73 Å². The Morgan fingerprint density at radius 2 is 2.00 bits per heavy atom. The van der Waals surface area contributed by atoms with E-state index in [0.29, 0.717) is 16.9 Å². The van der Waals surface area contributed by atoms with E-state index < -0.39 is 9.84 Å². The van der Waals surface area contributed by atoms with Gasteiger partial charge in [-0.2, -0.15) is 5.21 Å². The molecule has 3 aromatic heterocycles. The highest BCUT2D eigenvalue weighted by atomic mass is 32.2. The zero-order chi connectivity index (χ0) is 15.7. The van der Waals surface area contributed by atoms with Gasteiger partial charge in [0.1, 0.15) is 5.82 Å². The molecule has 0 saturated heterocycles. The van der Waals surface area contributed by atoms with Crippen molar-refractivity contribution < 1.29 is 8.42 Å². The third-order valence-corrected chi connectivity index (χ3v) is 3.95. The average molecular weight is 317 g/mol. The summed E-state index contributed by atoms with van der Waals surface area (Å²) >= 11 is 0. The fourth-order valence-corrected chi connectivity index (χ4v) is 2.84. The van der Waals surface area contributed by atoms with E-state index >= 15 is 0 Å². The Balaban J connectivity index is 2.34. The quantitative estimate of drug-likeness (QED) is 0.703. The molecule has 0 bridgehead atoms. The Morgan fingerprint density at radius 1 is 1.18 bits per heavy atom. The lowest BCUT2D eigenvalue weighted by Crippen LogP contribution is -2.05. The summed E-state index contributed by atoms with van der Waals surface area (Å²) in [6, 6.07) is 5.01. The molecule has 3 rings (SSSR count). The molecule has 0 fully saturated rings. The number of nitrogens with two attached hydrogens (primary N) is 1. The predicted octanol–water partition coefficient (Wildman–Crippen LogP) is 0.309. The number of nitrogens with one attached hydrogen (secondary N) is 1. The van der Waals surface area contributed by atoms with Crippen molar-refractivity contribution in [3.05, 3.63) is 30.6 Å². The molecule has 0 aromatic carbocycles. The van der Waals surface area contributed by atoms with Gasteiger partial charge in [-0.3, -0.25) is 0 Å². The van der Waals surface area contributed by atoms with Crippen LogP contribution in [0.3, 0.4) is 0 Å². The van der Waals surface area contributed by atoms with Crippen LogP contribution in [0.15, 0.2) is 35.6 Å². The van der Waals surface area contributed by atoms with Gasteiger partial charge in [0.25, 0.3) is 0 Å². The summed E-state index contributed by atoms with van der Waals surface area (Å²) in [5.41, 5.74) is 7.09. The SMILES string of the molecule is CS(=O)(=O)c1nccc(-c2ccc(N)nc2)c1-c1nn[nH]n1. The molecular weight excluding hydrogens is 306 g/mol. The maximum absolute atomic E-state index is 12.0. The number of tetrazole rings is 1. The second-order valence-electron chi connectivity index (χ2n) is 4.52. The van der Waals surface area contributed by atoms with E-state index in [1.165, 1.54) is 6.20 Å². The molecule has 0 unspecified atom stereocenters. The van der Waals surface area contributed by atoms with Gasteiger partial charge in [-0.15, -0.1) is 10.2 Å². The summed E-state index contributed by atoms with van der Waals surface area (Å²) in [5, 5.41) is 13.4. The summed E-state index contributed by atoms with van der Waals surface area (Å²) in [6.07, 6.45) is 4.02. The Hall–Kier alpha value is -2.88. The number of nitrogens with zero attached hydrogens (tertiary/aromatic N) is 5. The van der Waals surface area contributed by atoms with E-state index in [0.717, 1.165) is 6.26 Å². The number of hydrogen-bond donors (Lipinski definition) is 2. The van der Waals surface area contributed by atoms with Crippen LogP contribution in [-0.2, 0) is 9.84 Å². The Bertz CT molecular complexity index is 905. The van der Waals surface area contributed by atoms with E-state index in [1.54, 1.807) is 24.4 Å². The van der Waals surface area contributed by atoms with E-state index in [1.807, 2.05) is 0 Å². The first-order valence-electron chi connectivity index (χ1n) is 6.11. The van der Waals surface area contributed by atoms with Crippen LogP contribution in [0.25, 0.3) is 22.5 Å². The van der Waals surface area contributed by atoms with Crippen molar-refractivity contribution in [2.24, 2.45) is 0 Å². The van der Waals surface area contributed by atoms with Crippen LogP contribution in [0.4, 0.5) is 5.82 Å². The van der Waals surface area contributed by atoms with Crippen molar-refractivity contribution >= 4 is 15.7 Å². The standard InChI is InChI=1S/C12H11N7O2S/c1-22(20,21)12-10(11-16-18-19-17-11)8(4-5-14-12)7-2-3-9(13)15-6-7/h2-6H,1H3,(H2,13,15)(H,16,17,18,19). The molecule has 10 heteroatoms. The van der Waals surface area contributed by atoms with E-state index in [2.05, 4.69) is 30.6 Å². The third kappa shape index (κ3) is 2.51. The van der Waals surface area contributed by atoms with Crippen LogP contribution in [-0.4, -0.2) is 45.3 Å². The number of anilines is 1. The lowest BCUT2D eigenvalue weighted by molar-refractivity contribution is 0.598. The minimum absolute atomic E-state index is 0.122. The first kappa shape index (κ1) is 14.1. The summed E-state index contributed by atoms with van der Waals surface area (Å²) in [6.45, 7) is 0. The molecule has 0 saturated carbocycles. The smallest absolute Gasteiger partial charge is 0.208 e. The van der Waals surface area contributed by atoms with Crippen LogP contribution in [0.2, 0.25) is 0 Å². The zero-order valence-electron chi connectivity index (χ0n) is 11.4. The number of rotatable bonds is 3. The van der Waals surface area contributed by atoms with Crippen molar-refractivity contribution in [1.29, 1.82) is 0 Å². The van der Waals surface area contributed by atoms with Crippen molar-refractivity contribution in [2.45, 2.75) is 5.03 Å². The van der Waals surface area contributed by atoms with Crippen molar-refractivity contribution in [3.63, 3.8) is 0 Å². The van der Waals surface area contributed by atoms with Crippen molar-refractivity contribution in [1.82, 2.24) is 30.6 Å². The van der Waals surface area contributed by atoms with Gasteiger partial charge in [-0.05, 0) is 29.0 Å². The molecule has 0 amide bonds. The van der Waals surface area contributed by atoms with Gasteiger partial charge in [-0.1, -0.05) is 0 Å². The third-order valence-electron chi connectivity index (χ3n) is 2.93. The monoisotopic (exact) mass is 317 g/mol. The van der Waals surface area contributed by atoms with Crippen LogP contribution < -0.4 is 5.73 Å². The highest BCUT2D eigenvalue weighted by molar-refractivity contribution is 7.90. The summed E-state index contributed by atoms with van der Waals surface area (Å²) in [4.78, 5) is 7.97. The highest BCUT2D eigenvalue weighted by Crippen LogP contribution is 2.33. The van der Waals surface area contributed by atoms with Gasteiger partial charge in [0.05, 0.1) is 5.56 Å². The van der Waals surface area contributed by atoms with Gasteiger partial charge >= 0.3 is 0 Å². The molecular formula is C12H11N7O2S. The predicted molar refractivity (Wildman–Crippen MR) is 78.2 cm³/mol. The first-order chi connectivity index (χ1) is 10.5. The molecule has 3 heterocycles. The number of aromatic amines is 1. The van der Waals surface area contributed by atoms with E-state index in [4.69, 9.17) is 5.73 Å². The molecule has 0 radical (unpaired) electrons. The largest absolute Gasteiger partial charge is 0.384 e. The fourth-order valence-electron chi connectivity index (χ4n) is 2.01. The van der Waals surface area contributed by atoms with E-state index in [-0.39, 0.29) is 16.4 Å². The van der Waals surface area contributed by atoms with Crippen molar-refractivity contribution in [2.75, 3.05) is 12.0 Å². The van der Waals surface area contributed by atoms with Gasteiger partial charge in [0.2, 0.25) is 5.82 Å². The second kappa shape index (κ2) is 5.15. The lowest BCUT2D eigenvalue weighted by atomic mass is 10.0. The topological polar surface area (TPSA) is 140 Å². The number of hydrogen-bond acceptors (Lipinski definition) is 8. The fraction of sp³-hybridized carbons (Fsp3) is 0.0833. The normalized spacial score (nSPS) is 11.5. The Labute approximate surface area is 125 Å². The van der Waals surface area contributed by atoms with Crippen LogP contribution >= 0.6 is 0 Å². The molecule has 3 aromatic rings. The van der Waals surface area contributed by atoms with Crippen LogP contribution in [0.1, 0.15) is 0 Å². The maximum Gasteiger partial charge on any atom is 0.208 e. The first-order valence-corrected chi connectivity index (χ1v) is 8.01. The number of H-pyrrole nitrogens is 1. The molecule has 22 heavy (non-hydrogen) atoms. The minimum atomic E-state index is -3.58. The molecule has 9 nitrogen and oxygen atoms in total. The van der Waals surface area contributed by atoms with Crippen LogP contribution in [0.5, 0.6) is 0 Å². The van der Waals surface area contributed by atoms with Crippen molar-refractivity contribution in [3.8, 4) is 22.5 Å². The highest BCUT2D eigenvalue weighted by Gasteiger charge is 2.23. The number of sulfone groups is 1. The van der Waals surface area contributed by atoms with Gasteiger partial charge in [0, 0.05) is 24.2 Å². The molecule has 3 N–H and O–H groups in total. The maximum atomic E-state index is 12.0. The number of nitrogen functional groups attached to an aromatic ring is 1. The lowest BCUT2D eigenvalue weighted by Gasteiger charge is -2.10. The summed E-state index contributed by atoms with van der Waals surface area (Å²) < 4.78 is 24.0. The molecule has 0 aliphatic rings. The second-order valence-corrected chi connectivity index (χ2v) is 6.45. The minimum Gasteiger partial charge on any atom is -0.384 e. The van der Waals surface area contributed by atoms with Gasteiger partial charge in [0.15, 0.2) is 14.9 Å². The molecule has 0 atom stereocenters.